The van der Waals surface area contributed by atoms with Crippen molar-refractivity contribution in [2.24, 2.45) is 4.99 Å². The monoisotopic (exact) mass is 274 g/mol. The van der Waals surface area contributed by atoms with E-state index in [1.807, 2.05) is 6.92 Å². The molecule has 0 aliphatic carbocycles. The van der Waals surface area contributed by atoms with Gasteiger partial charge >= 0.3 is 0 Å². The Bertz CT molecular complexity index is 298. The van der Waals surface area contributed by atoms with Crippen LogP contribution in [0.4, 0.5) is 4.39 Å². The van der Waals surface area contributed by atoms with Crippen molar-refractivity contribution in [3.63, 3.8) is 0 Å². The minimum atomic E-state index is 0.465. The van der Waals surface area contributed by atoms with Gasteiger partial charge in [0, 0.05) is 44.8 Å². The zero-order chi connectivity index (χ0) is 13.4. The fraction of sp³-hybridized carbons (Fsp3) is 0.750. The van der Waals surface area contributed by atoms with Gasteiger partial charge < -0.3 is 10.2 Å². The molecule has 104 valence electrons. The number of nitrogens with zero attached hydrogens (tertiary/aromatic N) is 2. The molecule has 0 spiro atoms. The van der Waals surface area contributed by atoms with Crippen LogP contribution in [-0.4, -0.2) is 43.5 Å². The van der Waals surface area contributed by atoms with E-state index in [1.54, 1.807) is 7.05 Å². The predicted octanol–water partition coefficient (Wildman–Crippen LogP) is 1.72. The van der Waals surface area contributed by atoms with Crippen LogP contribution in [0.5, 0.6) is 0 Å². The quantitative estimate of drug-likeness (QED) is 0.406. The second kappa shape index (κ2) is 8.37. The van der Waals surface area contributed by atoms with Gasteiger partial charge in [-0.3, -0.25) is 9.71 Å². The van der Waals surface area contributed by atoms with Crippen molar-refractivity contribution in [3.8, 4) is 0 Å². The maximum atomic E-state index is 12.7. The third-order valence-corrected chi connectivity index (χ3v) is 3.55. The molecular formula is C12H23FN4S. The van der Waals surface area contributed by atoms with Gasteiger partial charge in [0.05, 0.1) is 0 Å². The van der Waals surface area contributed by atoms with Gasteiger partial charge in [-0.05, 0) is 19.8 Å². The molecule has 0 atom stereocenters. The molecule has 0 bridgehead atoms. The third-order valence-electron chi connectivity index (χ3n) is 3.18. The fourth-order valence-corrected chi connectivity index (χ4v) is 2.39. The molecule has 0 amide bonds. The Morgan fingerprint density at radius 2 is 2.17 bits per heavy atom. The molecule has 1 rings (SSSR count). The minimum absolute atomic E-state index is 0.465. The van der Waals surface area contributed by atoms with E-state index in [-0.39, 0.29) is 0 Å². The van der Waals surface area contributed by atoms with Crippen molar-refractivity contribution in [2.45, 2.75) is 32.2 Å². The number of halogens is 1. The summed E-state index contributed by atoms with van der Waals surface area (Å²) in [5.41, 5.74) is 0.590. The normalized spacial score (nSPS) is 19.2. The van der Waals surface area contributed by atoms with Crippen molar-refractivity contribution in [3.05, 3.63) is 12.0 Å². The van der Waals surface area contributed by atoms with Crippen LogP contribution in [0.2, 0.25) is 0 Å². The zero-order valence-corrected chi connectivity index (χ0v) is 12.0. The molecule has 2 N–H and O–H groups in total. The lowest BCUT2D eigenvalue weighted by Gasteiger charge is -2.34. The summed E-state index contributed by atoms with van der Waals surface area (Å²) in [6, 6.07) is 0.465. The van der Waals surface area contributed by atoms with E-state index in [4.69, 9.17) is 0 Å². The summed E-state index contributed by atoms with van der Waals surface area (Å²) in [7, 11) is 1.76. The molecule has 1 saturated heterocycles. The van der Waals surface area contributed by atoms with E-state index in [1.165, 1.54) is 0 Å². The van der Waals surface area contributed by atoms with Gasteiger partial charge in [0.1, 0.15) is 12.2 Å². The van der Waals surface area contributed by atoms with Gasteiger partial charge in [-0.2, -0.15) is 0 Å². The number of amidine groups is 1. The van der Waals surface area contributed by atoms with Gasteiger partial charge in [-0.15, -0.1) is 0 Å². The van der Waals surface area contributed by atoms with Crippen LogP contribution in [0, 0.1) is 0 Å². The summed E-state index contributed by atoms with van der Waals surface area (Å²) >= 11 is 4.10. The number of thiol groups is 1. The van der Waals surface area contributed by atoms with Crippen molar-refractivity contribution < 1.29 is 4.39 Å². The standard InChI is InChI=1S/C12H23FN4S/c1-3-15-11(9-13)8-12(14-2)17-6-4-10(16-18)5-7-17/h9-10,15-16,18H,3-8H2,1-2H3/b11-9-,14-12?. The number of hydrogen-bond acceptors (Lipinski definition) is 4. The van der Waals surface area contributed by atoms with Crippen LogP contribution in [-0.2, 0) is 0 Å². The van der Waals surface area contributed by atoms with Crippen LogP contribution in [0.15, 0.2) is 17.0 Å². The van der Waals surface area contributed by atoms with E-state index in [2.05, 4.69) is 32.7 Å². The van der Waals surface area contributed by atoms with E-state index >= 15 is 0 Å². The summed E-state index contributed by atoms with van der Waals surface area (Å²) < 4.78 is 15.7. The number of nitrogens with one attached hydrogen (secondary N) is 2. The summed E-state index contributed by atoms with van der Waals surface area (Å²) in [5.74, 6) is 0.942. The second-order valence-corrected chi connectivity index (χ2v) is 4.63. The molecule has 0 saturated carbocycles. The predicted molar refractivity (Wildman–Crippen MR) is 77.6 cm³/mol. The van der Waals surface area contributed by atoms with Crippen LogP contribution < -0.4 is 10.0 Å². The van der Waals surface area contributed by atoms with E-state index in [0.29, 0.717) is 24.5 Å². The smallest absolute Gasteiger partial charge is 0.106 e. The van der Waals surface area contributed by atoms with E-state index in [0.717, 1.165) is 38.3 Å². The van der Waals surface area contributed by atoms with Gasteiger partial charge in [0.25, 0.3) is 0 Å². The SMILES string of the molecule is CCN/C(=C\F)CC(=NC)N1CCC(NS)CC1. The topological polar surface area (TPSA) is 39.7 Å². The highest BCUT2D eigenvalue weighted by Crippen LogP contribution is 2.14. The summed E-state index contributed by atoms with van der Waals surface area (Å²) in [4.78, 5) is 6.51. The summed E-state index contributed by atoms with van der Waals surface area (Å²) in [6.45, 7) is 4.56. The van der Waals surface area contributed by atoms with Gasteiger partial charge in [0.15, 0.2) is 0 Å². The fourth-order valence-electron chi connectivity index (χ4n) is 2.14. The van der Waals surface area contributed by atoms with E-state index in [9.17, 15) is 4.39 Å². The highest BCUT2D eigenvalue weighted by Gasteiger charge is 2.20. The molecule has 0 radical (unpaired) electrons. The maximum absolute atomic E-state index is 12.7. The second-order valence-electron chi connectivity index (χ2n) is 4.37. The van der Waals surface area contributed by atoms with E-state index < -0.39 is 0 Å². The molecule has 18 heavy (non-hydrogen) atoms. The van der Waals surface area contributed by atoms with Crippen LogP contribution in [0.1, 0.15) is 26.2 Å². The largest absolute Gasteiger partial charge is 0.386 e. The molecular weight excluding hydrogens is 251 g/mol. The molecule has 6 heteroatoms. The number of likely N-dealkylation sites (tertiary alicyclic amines) is 1. The highest BCUT2D eigenvalue weighted by molar-refractivity contribution is 7.78. The first-order valence-electron chi connectivity index (χ1n) is 6.38. The molecule has 0 aromatic carbocycles. The molecule has 0 aromatic heterocycles. The van der Waals surface area contributed by atoms with Crippen molar-refractivity contribution >= 4 is 18.7 Å². The number of aliphatic imine (C=N–C) groups is 1. The lowest BCUT2D eigenvalue weighted by Crippen LogP contribution is -2.43. The van der Waals surface area contributed by atoms with Crippen LogP contribution >= 0.6 is 12.8 Å². The Morgan fingerprint density at radius 3 is 2.61 bits per heavy atom. The number of hydrogen-bond donors (Lipinski definition) is 3. The molecule has 1 aliphatic rings. The first-order chi connectivity index (χ1) is 8.74. The molecule has 4 nitrogen and oxygen atoms in total. The van der Waals surface area contributed by atoms with Crippen molar-refractivity contribution in [2.75, 3.05) is 26.7 Å². The highest BCUT2D eigenvalue weighted by atomic mass is 32.1. The number of piperidine rings is 1. The van der Waals surface area contributed by atoms with Crippen molar-refractivity contribution in [1.29, 1.82) is 0 Å². The summed E-state index contributed by atoms with van der Waals surface area (Å²) in [6.07, 6.45) is 3.24. The Hall–Kier alpha value is -0.750. The van der Waals surface area contributed by atoms with Crippen LogP contribution in [0.3, 0.4) is 0 Å². The van der Waals surface area contributed by atoms with Crippen molar-refractivity contribution in [1.82, 2.24) is 14.9 Å². The van der Waals surface area contributed by atoms with Gasteiger partial charge in [0.2, 0.25) is 0 Å². The first-order valence-corrected chi connectivity index (χ1v) is 6.83. The lowest BCUT2D eigenvalue weighted by molar-refractivity contribution is 0.301. The Balaban J connectivity index is 2.52. The first kappa shape index (κ1) is 15.3. The van der Waals surface area contributed by atoms with Gasteiger partial charge in [-0.1, -0.05) is 12.8 Å². The average molecular weight is 274 g/mol. The Morgan fingerprint density at radius 1 is 1.50 bits per heavy atom. The van der Waals surface area contributed by atoms with Crippen LogP contribution in [0.25, 0.3) is 0 Å². The van der Waals surface area contributed by atoms with Gasteiger partial charge in [-0.25, -0.2) is 4.39 Å². The Labute approximate surface area is 114 Å². The molecule has 0 unspecified atom stereocenters. The summed E-state index contributed by atoms with van der Waals surface area (Å²) in [5, 5.41) is 3.01. The third kappa shape index (κ3) is 4.49. The molecule has 0 aromatic rings. The Kier molecular flexibility index (Phi) is 7.12. The lowest BCUT2D eigenvalue weighted by atomic mass is 10.1. The average Bonchev–Trinajstić information content (AvgIpc) is 2.43. The molecule has 1 aliphatic heterocycles. The molecule has 1 fully saturated rings. The number of rotatable bonds is 5. The maximum Gasteiger partial charge on any atom is 0.106 e. The molecule has 1 heterocycles. The zero-order valence-electron chi connectivity index (χ0n) is 11.1. The minimum Gasteiger partial charge on any atom is -0.386 e.